The van der Waals surface area contributed by atoms with Gasteiger partial charge in [-0.1, -0.05) is 65.8 Å². The summed E-state index contributed by atoms with van der Waals surface area (Å²) >= 11 is 0. The van der Waals surface area contributed by atoms with Crippen LogP contribution in [0.4, 0.5) is 0 Å². The predicted octanol–water partition coefficient (Wildman–Crippen LogP) is 8.43. The van der Waals surface area contributed by atoms with Crippen LogP contribution in [0.3, 0.4) is 0 Å². The predicted molar refractivity (Wildman–Crippen MR) is 149 cm³/mol. The molecular weight excluding hydrogens is 468 g/mol. The smallest absolute Gasteiger partial charge is 0.339 e. The highest BCUT2D eigenvalue weighted by Crippen LogP contribution is 2.44. The summed E-state index contributed by atoms with van der Waals surface area (Å²) in [6.07, 6.45) is 0. The molecule has 3 aromatic carbocycles. The molecule has 0 heterocycles. The molecule has 0 bridgehead atoms. The van der Waals surface area contributed by atoms with Crippen molar-refractivity contribution < 1.29 is 17.7 Å². The minimum Gasteiger partial charge on any atom is -0.507 e. The van der Waals surface area contributed by atoms with E-state index in [1.165, 1.54) is 0 Å². The van der Waals surface area contributed by atoms with E-state index in [9.17, 15) is 13.5 Å². The molecule has 0 atom stereocenters. The van der Waals surface area contributed by atoms with Crippen LogP contribution in [-0.2, 0) is 10.1 Å². The normalized spacial score (nSPS) is 12.1. The summed E-state index contributed by atoms with van der Waals surface area (Å²) in [4.78, 5) is 0.256. The van der Waals surface area contributed by atoms with Gasteiger partial charge in [0.25, 0.3) is 0 Å². The van der Waals surface area contributed by atoms with Gasteiger partial charge in [-0.2, -0.15) is 8.42 Å². The lowest BCUT2D eigenvalue weighted by Gasteiger charge is -2.24. The molecule has 36 heavy (non-hydrogen) atoms. The molecule has 0 fully saturated rings. The van der Waals surface area contributed by atoms with Gasteiger partial charge in [0.05, 0.1) is 0 Å². The Morgan fingerprint density at radius 3 is 1.64 bits per heavy atom. The maximum atomic E-state index is 14.1. The van der Waals surface area contributed by atoms with E-state index in [1.54, 1.807) is 12.1 Å². The van der Waals surface area contributed by atoms with E-state index in [-0.39, 0.29) is 34.1 Å². The second-order valence-electron chi connectivity index (χ2n) is 10.8. The maximum absolute atomic E-state index is 14.1. The minimum atomic E-state index is -4.18. The molecule has 0 aromatic heterocycles. The highest BCUT2D eigenvalue weighted by Gasteiger charge is 2.30. The Kier molecular flexibility index (Phi) is 7.95. The maximum Gasteiger partial charge on any atom is 0.339 e. The summed E-state index contributed by atoms with van der Waals surface area (Å²) in [5.41, 5.74) is 7.61. The Morgan fingerprint density at radius 1 is 0.694 bits per heavy atom. The first kappa shape index (κ1) is 27.8. The molecule has 3 aromatic rings. The molecule has 0 aliphatic heterocycles. The summed E-state index contributed by atoms with van der Waals surface area (Å²) in [5, 5.41) is 10.8. The first-order valence-corrected chi connectivity index (χ1v) is 14.1. The van der Waals surface area contributed by atoms with Crippen molar-refractivity contribution in [2.24, 2.45) is 0 Å². The van der Waals surface area contributed by atoms with Gasteiger partial charge < -0.3 is 9.29 Å². The SMILES string of the molecule is Cc1ccc(O)c(-c2c(OS(=O)(=O)c3c(C(C)C)cc(C(C)C)cc3C(C)C)ccc(C)c2C)c1C. The number of rotatable bonds is 7. The van der Waals surface area contributed by atoms with Crippen molar-refractivity contribution in [2.45, 2.75) is 91.9 Å². The molecule has 4 nitrogen and oxygen atoms in total. The Bertz CT molecular complexity index is 1370. The van der Waals surface area contributed by atoms with E-state index in [1.807, 2.05) is 79.7 Å². The van der Waals surface area contributed by atoms with E-state index in [2.05, 4.69) is 13.8 Å². The first-order valence-electron chi connectivity index (χ1n) is 12.7. The van der Waals surface area contributed by atoms with E-state index >= 15 is 0 Å². The standard InChI is InChI=1S/C31H40O4S/c1-17(2)24-15-25(18(3)4)31(26(16-24)19(5)6)36(33,34)35-28-14-12-21(8)23(10)30(28)29-22(9)20(7)11-13-27(29)32/h11-19,32H,1-10H3. The molecule has 0 saturated heterocycles. The highest BCUT2D eigenvalue weighted by atomic mass is 32.2. The molecular formula is C31H40O4S. The molecule has 1 N–H and O–H groups in total. The van der Waals surface area contributed by atoms with Crippen molar-refractivity contribution >= 4 is 10.1 Å². The van der Waals surface area contributed by atoms with Crippen molar-refractivity contribution in [2.75, 3.05) is 0 Å². The molecule has 5 heteroatoms. The Balaban J connectivity index is 2.32. The van der Waals surface area contributed by atoms with Gasteiger partial charge in [0.15, 0.2) is 5.75 Å². The van der Waals surface area contributed by atoms with Crippen molar-refractivity contribution in [3.63, 3.8) is 0 Å². The molecule has 0 aliphatic rings. The van der Waals surface area contributed by atoms with Crippen LogP contribution < -0.4 is 4.18 Å². The quantitative estimate of drug-likeness (QED) is 0.325. The summed E-state index contributed by atoms with van der Waals surface area (Å²) in [6.45, 7) is 20.1. The number of aryl methyl sites for hydroxylation is 2. The average molecular weight is 509 g/mol. The average Bonchev–Trinajstić information content (AvgIpc) is 2.79. The lowest BCUT2D eigenvalue weighted by Crippen LogP contribution is -2.18. The van der Waals surface area contributed by atoms with Crippen molar-refractivity contribution in [1.29, 1.82) is 0 Å². The monoisotopic (exact) mass is 508 g/mol. The van der Waals surface area contributed by atoms with Gasteiger partial charge in [0.2, 0.25) is 0 Å². The summed E-state index contributed by atoms with van der Waals surface area (Å²) in [7, 11) is -4.18. The summed E-state index contributed by atoms with van der Waals surface area (Å²) in [6, 6.07) is 11.1. The fourth-order valence-electron chi connectivity index (χ4n) is 4.63. The van der Waals surface area contributed by atoms with Crippen LogP contribution in [0.15, 0.2) is 41.3 Å². The molecule has 0 amide bonds. The molecule has 0 saturated carbocycles. The third-order valence-corrected chi connectivity index (χ3v) is 8.56. The van der Waals surface area contributed by atoms with Gasteiger partial charge in [-0.05, 0) is 96.5 Å². The number of benzene rings is 3. The molecule has 194 valence electrons. The van der Waals surface area contributed by atoms with Crippen molar-refractivity contribution in [3.05, 3.63) is 75.3 Å². The van der Waals surface area contributed by atoms with E-state index in [4.69, 9.17) is 4.18 Å². The molecule has 3 rings (SSSR count). The largest absolute Gasteiger partial charge is 0.507 e. The number of phenols is 1. The number of aromatic hydroxyl groups is 1. The van der Waals surface area contributed by atoms with E-state index in [0.717, 1.165) is 38.9 Å². The Labute approximate surface area is 217 Å². The Morgan fingerprint density at radius 2 is 1.17 bits per heavy atom. The van der Waals surface area contributed by atoms with Crippen LogP contribution in [0, 0.1) is 27.7 Å². The fourth-order valence-corrected chi connectivity index (χ4v) is 6.25. The van der Waals surface area contributed by atoms with Gasteiger partial charge in [0.1, 0.15) is 10.6 Å². The Hall–Kier alpha value is -2.79. The molecule has 0 aliphatic carbocycles. The van der Waals surface area contributed by atoms with Crippen LogP contribution in [0.25, 0.3) is 11.1 Å². The molecule has 0 unspecified atom stereocenters. The van der Waals surface area contributed by atoms with Crippen LogP contribution in [-0.4, -0.2) is 13.5 Å². The second-order valence-corrected chi connectivity index (χ2v) is 12.3. The third-order valence-electron chi connectivity index (χ3n) is 7.19. The van der Waals surface area contributed by atoms with Crippen molar-refractivity contribution in [1.82, 2.24) is 0 Å². The molecule has 0 radical (unpaired) electrons. The fraction of sp³-hybridized carbons (Fsp3) is 0.419. The number of phenolic OH excluding ortho intramolecular Hbond substituents is 1. The third kappa shape index (κ3) is 5.17. The zero-order valence-corrected chi connectivity index (χ0v) is 24.1. The summed E-state index contributed by atoms with van der Waals surface area (Å²) in [5.74, 6) is 0.588. The highest BCUT2D eigenvalue weighted by molar-refractivity contribution is 7.87. The van der Waals surface area contributed by atoms with Gasteiger partial charge in [-0.15, -0.1) is 0 Å². The van der Waals surface area contributed by atoms with Crippen LogP contribution >= 0.6 is 0 Å². The first-order chi connectivity index (χ1) is 16.7. The van der Waals surface area contributed by atoms with E-state index in [0.29, 0.717) is 11.1 Å². The van der Waals surface area contributed by atoms with Crippen LogP contribution in [0.2, 0.25) is 0 Å². The van der Waals surface area contributed by atoms with Gasteiger partial charge in [-0.3, -0.25) is 0 Å². The van der Waals surface area contributed by atoms with Crippen LogP contribution in [0.1, 0.15) is 98.2 Å². The van der Waals surface area contributed by atoms with E-state index < -0.39 is 10.1 Å². The zero-order chi connectivity index (χ0) is 27.1. The summed E-state index contributed by atoms with van der Waals surface area (Å²) < 4.78 is 34.1. The molecule has 0 spiro atoms. The van der Waals surface area contributed by atoms with Crippen LogP contribution in [0.5, 0.6) is 11.5 Å². The zero-order valence-electron chi connectivity index (χ0n) is 23.3. The van der Waals surface area contributed by atoms with Gasteiger partial charge >= 0.3 is 10.1 Å². The van der Waals surface area contributed by atoms with Gasteiger partial charge in [0, 0.05) is 11.1 Å². The lowest BCUT2D eigenvalue weighted by molar-refractivity contribution is 0.473. The number of hydrogen-bond donors (Lipinski definition) is 1. The lowest BCUT2D eigenvalue weighted by atomic mass is 9.89. The second kappa shape index (κ2) is 10.3. The minimum absolute atomic E-state index is 0.00291. The van der Waals surface area contributed by atoms with Crippen molar-refractivity contribution in [3.8, 4) is 22.6 Å². The topological polar surface area (TPSA) is 63.6 Å². The number of hydrogen-bond acceptors (Lipinski definition) is 4. The van der Waals surface area contributed by atoms with Gasteiger partial charge in [-0.25, -0.2) is 0 Å².